The van der Waals surface area contributed by atoms with Gasteiger partial charge < -0.3 is 10.2 Å². The summed E-state index contributed by atoms with van der Waals surface area (Å²) in [4.78, 5) is 28.0. The first-order chi connectivity index (χ1) is 10.7. The SMILES string of the molecule is CN1CCN(C(=O)CCNS(C)(=O)=O)CC12CCNC(=O)CC2. The van der Waals surface area contributed by atoms with E-state index in [0.29, 0.717) is 26.1 Å². The first-order valence-corrected chi connectivity index (χ1v) is 9.81. The van der Waals surface area contributed by atoms with Crippen molar-refractivity contribution in [2.24, 2.45) is 0 Å². The van der Waals surface area contributed by atoms with Crippen molar-refractivity contribution in [1.82, 2.24) is 19.8 Å². The van der Waals surface area contributed by atoms with E-state index in [9.17, 15) is 18.0 Å². The number of hydrogen-bond acceptors (Lipinski definition) is 5. The highest BCUT2D eigenvalue weighted by molar-refractivity contribution is 7.88. The van der Waals surface area contributed by atoms with Crippen LogP contribution in [0.15, 0.2) is 0 Å². The van der Waals surface area contributed by atoms with E-state index in [4.69, 9.17) is 0 Å². The van der Waals surface area contributed by atoms with E-state index in [-0.39, 0.29) is 30.3 Å². The summed E-state index contributed by atoms with van der Waals surface area (Å²) in [5.74, 6) is 0.0215. The van der Waals surface area contributed by atoms with Crippen molar-refractivity contribution in [3.8, 4) is 0 Å². The average molecular weight is 346 g/mol. The summed E-state index contributed by atoms with van der Waals surface area (Å²) < 4.78 is 24.5. The Morgan fingerprint density at radius 1 is 1.35 bits per heavy atom. The van der Waals surface area contributed by atoms with Crippen LogP contribution in [0, 0.1) is 0 Å². The zero-order valence-corrected chi connectivity index (χ0v) is 14.6. The largest absolute Gasteiger partial charge is 0.356 e. The molecule has 0 aromatic rings. The molecule has 0 radical (unpaired) electrons. The predicted octanol–water partition coefficient (Wildman–Crippen LogP) is -1.26. The molecule has 0 saturated carbocycles. The lowest BCUT2D eigenvalue weighted by Gasteiger charge is -2.49. The molecule has 1 unspecified atom stereocenters. The van der Waals surface area contributed by atoms with Gasteiger partial charge in [-0.2, -0.15) is 0 Å². The Bertz CT molecular complexity index is 565. The monoisotopic (exact) mass is 346 g/mol. The van der Waals surface area contributed by atoms with Gasteiger partial charge in [0.2, 0.25) is 21.8 Å². The van der Waals surface area contributed by atoms with Crippen molar-refractivity contribution >= 4 is 21.8 Å². The number of carbonyl (C=O) groups is 2. The van der Waals surface area contributed by atoms with E-state index in [0.717, 1.165) is 25.6 Å². The second kappa shape index (κ2) is 7.14. The third kappa shape index (κ3) is 4.89. The smallest absolute Gasteiger partial charge is 0.223 e. The highest BCUT2D eigenvalue weighted by Gasteiger charge is 2.41. The number of sulfonamides is 1. The maximum absolute atomic E-state index is 12.4. The van der Waals surface area contributed by atoms with E-state index in [2.05, 4.69) is 14.9 Å². The topological polar surface area (TPSA) is 98.8 Å². The molecule has 2 N–H and O–H groups in total. The molecule has 0 bridgehead atoms. The number of rotatable bonds is 4. The summed E-state index contributed by atoms with van der Waals surface area (Å²) in [6.45, 7) is 2.74. The number of amides is 2. The quantitative estimate of drug-likeness (QED) is 0.662. The molecule has 0 aromatic carbocycles. The maximum Gasteiger partial charge on any atom is 0.223 e. The molecule has 2 saturated heterocycles. The van der Waals surface area contributed by atoms with E-state index in [1.165, 1.54) is 0 Å². The lowest BCUT2D eigenvalue weighted by Crippen LogP contribution is -2.62. The molecule has 0 aromatic heterocycles. The molecule has 9 heteroatoms. The average Bonchev–Trinajstić information content (AvgIpc) is 2.64. The van der Waals surface area contributed by atoms with E-state index in [1.54, 1.807) is 4.90 Å². The fraction of sp³-hybridized carbons (Fsp3) is 0.857. The van der Waals surface area contributed by atoms with Gasteiger partial charge in [0.1, 0.15) is 0 Å². The van der Waals surface area contributed by atoms with Gasteiger partial charge in [0, 0.05) is 51.1 Å². The first kappa shape index (κ1) is 18.2. The van der Waals surface area contributed by atoms with Gasteiger partial charge in [-0.25, -0.2) is 13.1 Å². The van der Waals surface area contributed by atoms with Crippen molar-refractivity contribution in [2.75, 3.05) is 46.0 Å². The van der Waals surface area contributed by atoms with Gasteiger partial charge >= 0.3 is 0 Å². The van der Waals surface area contributed by atoms with Gasteiger partial charge in [-0.15, -0.1) is 0 Å². The minimum Gasteiger partial charge on any atom is -0.356 e. The van der Waals surface area contributed by atoms with Crippen LogP contribution in [-0.4, -0.2) is 81.6 Å². The van der Waals surface area contributed by atoms with E-state index < -0.39 is 10.0 Å². The van der Waals surface area contributed by atoms with Gasteiger partial charge in [0.15, 0.2) is 0 Å². The number of hydrogen-bond donors (Lipinski definition) is 2. The lowest BCUT2D eigenvalue weighted by molar-refractivity contribution is -0.136. The molecule has 8 nitrogen and oxygen atoms in total. The fourth-order valence-electron chi connectivity index (χ4n) is 3.31. The van der Waals surface area contributed by atoms with Gasteiger partial charge in [-0.1, -0.05) is 0 Å². The number of nitrogens with zero attached hydrogens (tertiary/aromatic N) is 2. The van der Waals surface area contributed by atoms with Crippen LogP contribution in [0.1, 0.15) is 25.7 Å². The van der Waals surface area contributed by atoms with E-state index in [1.807, 2.05) is 7.05 Å². The van der Waals surface area contributed by atoms with Gasteiger partial charge in [0.05, 0.1) is 6.26 Å². The highest BCUT2D eigenvalue weighted by Crippen LogP contribution is 2.30. The van der Waals surface area contributed by atoms with Crippen LogP contribution in [-0.2, 0) is 19.6 Å². The Balaban J connectivity index is 1.96. The second-order valence-electron chi connectivity index (χ2n) is 6.48. The number of carbonyl (C=O) groups excluding carboxylic acids is 2. The molecular formula is C14H26N4O4S. The van der Waals surface area contributed by atoms with Crippen LogP contribution in [0.3, 0.4) is 0 Å². The summed E-state index contributed by atoms with van der Waals surface area (Å²) in [6, 6.07) is 0. The molecule has 2 aliphatic heterocycles. The van der Waals surface area contributed by atoms with Crippen LogP contribution < -0.4 is 10.0 Å². The zero-order valence-electron chi connectivity index (χ0n) is 13.8. The molecule has 0 aliphatic carbocycles. The summed E-state index contributed by atoms with van der Waals surface area (Å²) in [6.07, 6.45) is 3.27. The molecule has 2 fully saturated rings. The molecule has 1 atom stereocenters. The third-order valence-corrected chi connectivity index (χ3v) is 5.51. The van der Waals surface area contributed by atoms with Crippen LogP contribution in [0.5, 0.6) is 0 Å². The molecule has 132 valence electrons. The molecule has 2 rings (SSSR count). The summed E-state index contributed by atoms with van der Waals surface area (Å²) in [7, 11) is -1.23. The summed E-state index contributed by atoms with van der Waals surface area (Å²) in [5.41, 5.74) is -0.169. The molecule has 2 aliphatic rings. The molecule has 2 amide bonds. The van der Waals surface area contributed by atoms with Gasteiger partial charge in [-0.3, -0.25) is 14.5 Å². The van der Waals surface area contributed by atoms with Crippen LogP contribution in [0.2, 0.25) is 0 Å². The zero-order chi connectivity index (χ0) is 17.1. The van der Waals surface area contributed by atoms with Gasteiger partial charge in [-0.05, 0) is 19.9 Å². The predicted molar refractivity (Wildman–Crippen MR) is 86.3 cm³/mol. The van der Waals surface area contributed by atoms with Crippen molar-refractivity contribution < 1.29 is 18.0 Å². The molecule has 1 spiro atoms. The minimum absolute atomic E-state index is 0.0443. The second-order valence-corrected chi connectivity index (χ2v) is 8.31. The maximum atomic E-state index is 12.4. The number of nitrogens with one attached hydrogen (secondary N) is 2. The van der Waals surface area contributed by atoms with Crippen molar-refractivity contribution in [1.29, 1.82) is 0 Å². The standard InChI is InChI=1S/C14H26N4O4S/c1-17-9-10-18(13(20)4-7-16-23(2,21)22)11-14(17)5-3-12(19)15-8-6-14/h16H,3-11H2,1-2H3,(H,15,19). The van der Waals surface area contributed by atoms with Crippen molar-refractivity contribution in [3.05, 3.63) is 0 Å². The summed E-state index contributed by atoms with van der Waals surface area (Å²) in [5, 5.41) is 2.89. The van der Waals surface area contributed by atoms with Crippen molar-refractivity contribution in [3.63, 3.8) is 0 Å². The number of piperazine rings is 1. The third-order valence-electron chi connectivity index (χ3n) is 4.79. The Labute approximate surface area is 137 Å². The van der Waals surface area contributed by atoms with Crippen molar-refractivity contribution in [2.45, 2.75) is 31.2 Å². The first-order valence-electron chi connectivity index (χ1n) is 7.92. The minimum atomic E-state index is -3.27. The normalized spacial score (nSPS) is 26.9. The summed E-state index contributed by atoms with van der Waals surface area (Å²) >= 11 is 0. The molecular weight excluding hydrogens is 320 g/mol. The van der Waals surface area contributed by atoms with Gasteiger partial charge in [0.25, 0.3) is 0 Å². The number of likely N-dealkylation sites (N-methyl/N-ethyl adjacent to an activating group) is 1. The van der Waals surface area contributed by atoms with Crippen LogP contribution >= 0.6 is 0 Å². The van der Waals surface area contributed by atoms with E-state index >= 15 is 0 Å². The fourth-order valence-corrected chi connectivity index (χ4v) is 3.78. The highest BCUT2D eigenvalue weighted by atomic mass is 32.2. The molecule has 2 heterocycles. The Kier molecular flexibility index (Phi) is 5.64. The van der Waals surface area contributed by atoms with Crippen LogP contribution in [0.4, 0.5) is 0 Å². The Morgan fingerprint density at radius 3 is 2.78 bits per heavy atom. The Morgan fingerprint density at radius 2 is 2.09 bits per heavy atom. The lowest BCUT2D eigenvalue weighted by atomic mass is 9.86. The Hall–Kier alpha value is -1.19. The molecule has 23 heavy (non-hydrogen) atoms. The van der Waals surface area contributed by atoms with Crippen LogP contribution in [0.25, 0.3) is 0 Å².